The molecule has 1 fully saturated rings. The largest absolute Gasteiger partial charge is 0.313 e. The molecule has 0 aromatic heterocycles. The zero-order chi connectivity index (χ0) is 13.5. The Morgan fingerprint density at radius 2 is 2.11 bits per heavy atom. The molecule has 2 heteroatoms. The van der Waals surface area contributed by atoms with E-state index in [4.69, 9.17) is 0 Å². The molecule has 0 saturated carbocycles. The average Bonchev–Trinajstić information content (AvgIpc) is 2.46. The average molecular weight is 260 g/mol. The predicted octanol–water partition coefficient (Wildman–Crippen LogP) is 3.25. The molecule has 1 aliphatic rings. The van der Waals surface area contributed by atoms with Crippen LogP contribution in [-0.2, 0) is 0 Å². The van der Waals surface area contributed by atoms with Crippen LogP contribution in [0.15, 0.2) is 30.3 Å². The third kappa shape index (κ3) is 4.63. The van der Waals surface area contributed by atoms with Gasteiger partial charge in [0.1, 0.15) is 0 Å². The van der Waals surface area contributed by atoms with Crippen molar-refractivity contribution in [1.29, 1.82) is 0 Å². The fourth-order valence-electron chi connectivity index (χ4n) is 3.01. The van der Waals surface area contributed by atoms with Crippen LogP contribution in [0.2, 0.25) is 0 Å². The van der Waals surface area contributed by atoms with Gasteiger partial charge in [-0.3, -0.25) is 0 Å². The maximum absolute atomic E-state index is 3.67. The first-order valence-corrected chi connectivity index (χ1v) is 7.80. The zero-order valence-corrected chi connectivity index (χ0v) is 12.4. The highest BCUT2D eigenvalue weighted by atomic mass is 15.2. The van der Waals surface area contributed by atoms with Gasteiger partial charge >= 0.3 is 0 Å². The number of hydrogen-bond donors (Lipinski definition) is 1. The number of piperidine rings is 1. The summed E-state index contributed by atoms with van der Waals surface area (Å²) in [4.78, 5) is 2.63. The minimum atomic E-state index is 0.631. The third-order valence-corrected chi connectivity index (χ3v) is 4.09. The molecule has 0 aliphatic carbocycles. The van der Waals surface area contributed by atoms with Crippen molar-refractivity contribution in [2.45, 2.75) is 45.1 Å². The van der Waals surface area contributed by atoms with E-state index in [1.807, 2.05) is 0 Å². The second-order valence-electron chi connectivity index (χ2n) is 5.86. The van der Waals surface area contributed by atoms with Crippen LogP contribution in [0.1, 0.15) is 44.6 Å². The lowest BCUT2D eigenvalue weighted by Gasteiger charge is -2.34. The molecule has 2 rings (SSSR count). The highest BCUT2D eigenvalue weighted by molar-refractivity contribution is 5.19. The molecular formula is C17H28N2. The smallest absolute Gasteiger partial charge is 0.0195 e. The first-order valence-electron chi connectivity index (χ1n) is 7.80. The van der Waals surface area contributed by atoms with Crippen LogP contribution < -0.4 is 5.32 Å². The number of likely N-dealkylation sites (tertiary alicyclic amines) is 1. The van der Waals surface area contributed by atoms with Gasteiger partial charge in [0.2, 0.25) is 0 Å². The zero-order valence-electron chi connectivity index (χ0n) is 12.4. The van der Waals surface area contributed by atoms with E-state index < -0.39 is 0 Å². The lowest BCUT2D eigenvalue weighted by molar-refractivity contribution is 0.183. The maximum atomic E-state index is 3.67. The topological polar surface area (TPSA) is 15.3 Å². The van der Waals surface area contributed by atoms with Crippen LogP contribution in [0.4, 0.5) is 0 Å². The fraction of sp³-hybridized carbons (Fsp3) is 0.647. The predicted molar refractivity (Wildman–Crippen MR) is 82.6 cm³/mol. The minimum absolute atomic E-state index is 0.631. The van der Waals surface area contributed by atoms with Gasteiger partial charge in [0, 0.05) is 19.1 Å². The second kappa shape index (κ2) is 7.66. The summed E-state index contributed by atoms with van der Waals surface area (Å²) in [6, 6.07) is 11.6. The monoisotopic (exact) mass is 260 g/mol. The summed E-state index contributed by atoms with van der Waals surface area (Å²) >= 11 is 0. The van der Waals surface area contributed by atoms with Crippen molar-refractivity contribution in [3.8, 4) is 0 Å². The first kappa shape index (κ1) is 14.5. The lowest BCUT2D eigenvalue weighted by atomic mass is 9.98. The van der Waals surface area contributed by atoms with Crippen molar-refractivity contribution >= 4 is 0 Å². The van der Waals surface area contributed by atoms with E-state index in [0.717, 1.165) is 6.54 Å². The first-order chi connectivity index (χ1) is 9.29. The summed E-state index contributed by atoms with van der Waals surface area (Å²) in [5.41, 5.74) is 1.46. The Bertz CT molecular complexity index is 350. The summed E-state index contributed by atoms with van der Waals surface area (Å²) < 4.78 is 0. The van der Waals surface area contributed by atoms with Crippen molar-refractivity contribution < 1.29 is 0 Å². The Balaban J connectivity index is 1.81. The van der Waals surface area contributed by atoms with Crippen LogP contribution in [-0.4, -0.2) is 37.1 Å². The van der Waals surface area contributed by atoms with E-state index in [1.165, 1.54) is 44.5 Å². The standard InChI is InChI=1S/C17H28N2/c1-3-11-18-17-10-7-12-19(14-17)13-15(2)16-8-5-4-6-9-16/h4-6,8-9,15,17-18H,3,7,10-14H2,1-2H3. The molecule has 2 unspecified atom stereocenters. The molecule has 2 nitrogen and oxygen atoms in total. The van der Waals surface area contributed by atoms with Crippen LogP contribution in [0, 0.1) is 0 Å². The van der Waals surface area contributed by atoms with Gasteiger partial charge in [-0.1, -0.05) is 44.2 Å². The van der Waals surface area contributed by atoms with Crippen molar-refractivity contribution in [1.82, 2.24) is 10.2 Å². The number of rotatable bonds is 6. The van der Waals surface area contributed by atoms with Gasteiger partial charge in [0.25, 0.3) is 0 Å². The third-order valence-electron chi connectivity index (χ3n) is 4.09. The second-order valence-corrected chi connectivity index (χ2v) is 5.86. The summed E-state index contributed by atoms with van der Waals surface area (Å²) in [7, 11) is 0. The highest BCUT2D eigenvalue weighted by Crippen LogP contribution is 2.19. The number of nitrogens with one attached hydrogen (secondary N) is 1. The molecule has 0 bridgehead atoms. The molecule has 1 saturated heterocycles. The lowest BCUT2D eigenvalue weighted by Crippen LogP contribution is -2.46. The molecular weight excluding hydrogens is 232 g/mol. The van der Waals surface area contributed by atoms with Crippen LogP contribution >= 0.6 is 0 Å². The Morgan fingerprint density at radius 3 is 2.84 bits per heavy atom. The van der Waals surface area contributed by atoms with E-state index in [1.54, 1.807) is 0 Å². The van der Waals surface area contributed by atoms with Gasteiger partial charge in [0.05, 0.1) is 0 Å². The van der Waals surface area contributed by atoms with Crippen LogP contribution in [0.25, 0.3) is 0 Å². The van der Waals surface area contributed by atoms with E-state index in [0.29, 0.717) is 12.0 Å². The Labute approximate surface area is 118 Å². The SMILES string of the molecule is CCCNC1CCCN(CC(C)c2ccccc2)C1. The van der Waals surface area contributed by atoms with Crippen LogP contribution in [0.3, 0.4) is 0 Å². The number of nitrogens with zero attached hydrogens (tertiary/aromatic N) is 1. The Hall–Kier alpha value is -0.860. The van der Waals surface area contributed by atoms with Crippen molar-refractivity contribution in [3.05, 3.63) is 35.9 Å². The van der Waals surface area contributed by atoms with E-state index in [-0.39, 0.29) is 0 Å². The van der Waals surface area contributed by atoms with Gasteiger partial charge < -0.3 is 10.2 Å². The Kier molecular flexibility index (Phi) is 5.87. The summed E-state index contributed by atoms with van der Waals surface area (Å²) in [6.07, 6.45) is 3.91. The van der Waals surface area contributed by atoms with Gasteiger partial charge in [-0.25, -0.2) is 0 Å². The molecule has 1 aliphatic heterocycles. The molecule has 1 heterocycles. The summed E-state index contributed by atoms with van der Waals surface area (Å²) in [5, 5.41) is 3.67. The maximum Gasteiger partial charge on any atom is 0.0195 e. The molecule has 19 heavy (non-hydrogen) atoms. The molecule has 2 atom stereocenters. The van der Waals surface area contributed by atoms with Gasteiger partial charge in [-0.15, -0.1) is 0 Å². The van der Waals surface area contributed by atoms with Crippen molar-refractivity contribution in [2.75, 3.05) is 26.2 Å². The molecule has 0 radical (unpaired) electrons. The van der Waals surface area contributed by atoms with E-state index in [2.05, 4.69) is 54.4 Å². The van der Waals surface area contributed by atoms with E-state index >= 15 is 0 Å². The van der Waals surface area contributed by atoms with Crippen LogP contribution in [0.5, 0.6) is 0 Å². The summed E-state index contributed by atoms with van der Waals surface area (Å²) in [5.74, 6) is 0.631. The molecule has 106 valence electrons. The molecule has 1 N–H and O–H groups in total. The van der Waals surface area contributed by atoms with Gasteiger partial charge in [0.15, 0.2) is 0 Å². The minimum Gasteiger partial charge on any atom is -0.313 e. The fourth-order valence-corrected chi connectivity index (χ4v) is 3.01. The molecule has 1 aromatic rings. The van der Waals surface area contributed by atoms with Crippen molar-refractivity contribution in [2.24, 2.45) is 0 Å². The number of benzene rings is 1. The molecule has 0 amide bonds. The quantitative estimate of drug-likeness (QED) is 0.844. The van der Waals surface area contributed by atoms with Gasteiger partial charge in [-0.05, 0) is 43.8 Å². The van der Waals surface area contributed by atoms with E-state index in [9.17, 15) is 0 Å². The molecule has 0 spiro atoms. The van der Waals surface area contributed by atoms with Gasteiger partial charge in [-0.2, -0.15) is 0 Å². The highest BCUT2D eigenvalue weighted by Gasteiger charge is 2.20. The summed E-state index contributed by atoms with van der Waals surface area (Å²) in [6.45, 7) is 9.42. The molecule has 1 aromatic carbocycles. The normalized spacial score (nSPS) is 22.3. The Morgan fingerprint density at radius 1 is 1.32 bits per heavy atom. The van der Waals surface area contributed by atoms with Crippen molar-refractivity contribution in [3.63, 3.8) is 0 Å². The number of hydrogen-bond acceptors (Lipinski definition) is 2.